The molecule has 60 valence electrons. The molecule has 0 nitrogen and oxygen atoms in total. The van der Waals surface area contributed by atoms with Gasteiger partial charge in [-0.2, -0.15) is 0 Å². The van der Waals surface area contributed by atoms with Gasteiger partial charge in [-0.1, -0.05) is 23.2 Å². The molecular formula is C10H16Si. The normalized spacial score (nSPS) is 10.2. The van der Waals surface area contributed by atoms with Crippen LogP contribution in [0.5, 0.6) is 0 Å². The van der Waals surface area contributed by atoms with Crippen LogP contribution in [0.1, 0.15) is 6.42 Å². The number of hydrogen-bond acceptors (Lipinski definition) is 0. The molecule has 0 aliphatic carbocycles. The van der Waals surface area contributed by atoms with E-state index in [2.05, 4.69) is 26.3 Å². The molecule has 0 atom stereocenters. The predicted octanol–water partition coefficient (Wildman–Crippen LogP) is 3.19. The van der Waals surface area contributed by atoms with Crippen LogP contribution in [0, 0.1) is 0 Å². The maximum Gasteiger partial charge on any atom is 0.124 e. The van der Waals surface area contributed by atoms with E-state index in [0.29, 0.717) is 0 Å². The van der Waals surface area contributed by atoms with Gasteiger partial charge in [0.1, 0.15) is 8.07 Å². The van der Waals surface area contributed by atoms with Crippen molar-refractivity contribution in [1.29, 1.82) is 0 Å². The Morgan fingerprint density at radius 2 is 1.36 bits per heavy atom. The van der Waals surface area contributed by atoms with Crippen LogP contribution in [0.3, 0.4) is 0 Å². The molecule has 0 N–H and O–H groups in total. The molecule has 0 aromatic rings. The van der Waals surface area contributed by atoms with Crippen LogP contribution in [0.4, 0.5) is 0 Å². The first-order valence-electron chi connectivity index (χ1n) is 3.76. The summed E-state index contributed by atoms with van der Waals surface area (Å²) < 4.78 is 0. The standard InChI is InChI=1S/C10H16Si/c1-5-9-10-11(6-2,7-3)8-4/h5-8H,1-4,9-10H2. The molecule has 0 amide bonds. The van der Waals surface area contributed by atoms with Crippen molar-refractivity contribution < 1.29 is 0 Å². The maximum atomic E-state index is 3.81. The zero-order valence-electron chi connectivity index (χ0n) is 7.05. The van der Waals surface area contributed by atoms with E-state index in [1.54, 1.807) is 0 Å². The SMILES string of the molecule is C=CCC[Si](C=C)(C=C)C=C. The summed E-state index contributed by atoms with van der Waals surface area (Å²) in [7, 11) is -1.52. The average Bonchev–Trinajstić information content (AvgIpc) is 2.08. The Bertz CT molecular complexity index is 146. The van der Waals surface area contributed by atoms with E-state index in [4.69, 9.17) is 0 Å². The fraction of sp³-hybridized carbons (Fsp3) is 0.200. The van der Waals surface area contributed by atoms with Crippen LogP contribution in [0.25, 0.3) is 0 Å². The van der Waals surface area contributed by atoms with E-state index < -0.39 is 8.07 Å². The van der Waals surface area contributed by atoms with Gasteiger partial charge >= 0.3 is 0 Å². The summed E-state index contributed by atoms with van der Waals surface area (Å²) in [6.07, 6.45) is 2.95. The molecule has 0 aliphatic rings. The lowest BCUT2D eigenvalue weighted by atomic mass is 10.5. The first-order valence-corrected chi connectivity index (χ1v) is 6.20. The molecule has 1 heteroatoms. The van der Waals surface area contributed by atoms with Gasteiger partial charge in [-0.3, -0.25) is 0 Å². The molecule has 0 saturated carbocycles. The van der Waals surface area contributed by atoms with Gasteiger partial charge in [0.05, 0.1) is 0 Å². The molecule has 0 fully saturated rings. The van der Waals surface area contributed by atoms with E-state index in [1.165, 1.54) is 0 Å². The predicted molar refractivity (Wildman–Crippen MR) is 56.0 cm³/mol. The zero-order valence-corrected chi connectivity index (χ0v) is 8.05. The summed E-state index contributed by atoms with van der Waals surface area (Å²) in [6.45, 7) is 15.1. The van der Waals surface area contributed by atoms with Gasteiger partial charge in [-0.05, 0) is 12.5 Å². The molecule has 0 rings (SSSR count). The average molecular weight is 164 g/mol. The lowest BCUT2D eigenvalue weighted by Crippen LogP contribution is -2.25. The number of rotatable bonds is 6. The largest absolute Gasteiger partial charge is 0.124 e. The van der Waals surface area contributed by atoms with Gasteiger partial charge in [0.2, 0.25) is 0 Å². The molecule has 0 aliphatic heterocycles. The van der Waals surface area contributed by atoms with Crippen LogP contribution >= 0.6 is 0 Å². The van der Waals surface area contributed by atoms with Crippen LogP contribution < -0.4 is 0 Å². The van der Waals surface area contributed by atoms with Crippen molar-refractivity contribution in [1.82, 2.24) is 0 Å². The Morgan fingerprint density at radius 3 is 1.64 bits per heavy atom. The van der Waals surface area contributed by atoms with Crippen LogP contribution in [-0.4, -0.2) is 8.07 Å². The minimum Gasteiger partial charge on any atom is -0.106 e. The van der Waals surface area contributed by atoms with Crippen LogP contribution in [-0.2, 0) is 0 Å². The Labute approximate surface area is 70.6 Å². The highest BCUT2D eigenvalue weighted by molar-refractivity contribution is 6.93. The second-order valence-electron chi connectivity index (χ2n) is 2.55. The van der Waals surface area contributed by atoms with Crippen LogP contribution in [0.2, 0.25) is 6.04 Å². The lowest BCUT2D eigenvalue weighted by molar-refractivity contribution is 1.19. The van der Waals surface area contributed by atoms with E-state index in [0.717, 1.165) is 12.5 Å². The van der Waals surface area contributed by atoms with Crippen molar-refractivity contribution in [2.75, 3.05) is 0 Å². The Kier molecular flexibility index (Phi) is 4.54. The monoisotopic (exact) mass is 164 g/mol. The maximum absolute atomic E-state index is 3.81. The Hall–Kier alpha value is -0.823. The van der Waals surface area contributed by atoms with Gasteiger partial charge in [0, 0.05) is 0 Å². The molecule has 0 saturated heterocycles. The summed E-state index contributed by atoms with van der Waals surface area (Å²) in [5.41, 5.74) is 6.03. The van der Waals surface area contributed by atoms with Crippen molar-refractivity contribution in [2.45, 2.75) is 12.5 Å². The summed E-state index contributed by atoms with van der Waals surface area (Å²) >= 11 is 0. The van der Waals surface area contributed by atoms with E-state index in [-0.39, 0.29) is 0 Å². The van der Waals surface area contributed by atoms with Crippen molar-refractivity contribution in [2.24, 2.45) is 0 Å². The third kappa shape index (κ3) is 2.72. The molecule has 0 unspecified atom stereocenters. The summed E-state index contributed by atoms with van der Waals surface area (Å²) in [4.78, 5) is 0. The molecule has 0 heterocycles. The molecule has 0 aromatic heterocycles. The van der Waals surface area contributed by atoms with Gasteiger partial charge in [0.15, 0.2) is 0 Å². The zero-order chi connectivity index (χ0) is 8.74. The summed E-state index contributed by atoms with van der Waals surface area (Å²) in [5.74, 6) is 0. The van der Waals surface area contributed by atoms with Crippen LogP contribution in [0.15, 0.2) is 49.5 Å². The van der Waals surface area contributed by atoms with Gasteiger partial charge < -0.3 is 0 Å². The molecule has 0 bridgehead atoms. The second kappa shape index (κ2) is 4.91. The molecule has 0 aromatic carbocycles. The summed E-state index contributed by atoms with van der Waals surface area (Å²) in [5, 5.41) is 0. The summed E-state index contributed by atoms with van der Waals surface area (Å²) in [6, 6.07) is 1.10. The molecule has 0 spiro atoms. The van der Waals surface area contributed by atoms with E-state index in [1.807, 2.05) is 23.2 Å². The molecule has 0 radical (unpaired) electrons. The quantitative estimate of drug-likeness (QED) is 0.418. The molecule has 11 heavy (non-hydrogen) atoms. The first-order chi connectivity index (χ1) is 5.24. The van der Waals surface area contributed by atoms with Crippen molar-refractivity contribution in [3.05, 3.63) is 49.5 Å². The van der Waals surface area contributed by atoms with E-state index in [9.17, 15) is 0 Å². The topological polar surface area (TPSA) is 0 Å². The number of allylic oxidation sites excluding steroid dienone is 1. The smallest absolute Gasteiger partial charge is 0.106 e. The third-order valence-electron chi connectivity index (χ3n) is 1.92. The van der Waals surface area contributed by atoms with E-state index >= 15 is 0 Å². The minimum atomic E-state index is -1.52. The second-order valence-corrected chi connectivity index (χ2v) is 6.50. The highest BCUT2D eigenvalue weighted by Crippen LogP contribution is 2.15. The first kappa shape index (κ1) is 10.2. The Balaban J connectivity index is 4.27. The van der Waals surface area contributed by atoms with Gasteiger partial charge in [-0.15, -0.1) is 26.3 Å². The minimum absolute atomic E-state index is 1.02. The fourth-order valence-corrected chi connectivity index (χ4v) is 2.72. The van der Waals surface area contributed by atoms with Gasteiger partial charge in [-0.25, -0.2) is 0 Å². The fourth-order valence-electron chi connectivity index (χ4n) is 0.908. The van der Waals surface area contributed by atoms with Gasteiger partial charge in [0.25, 0.3) is 0 Å². The van der Waals surface area contributed by atoms with Crippen molar-refractivity contribution in [3.63, 3.8) is 0 Å². The lowest BCUT2D eigenvalue weighted by Gasteiger charge is -2.17. The highest BCUT2D eigenvalue weighted by Gasteiger charge is 2.19. The van der Waals surface area contributed by atoms with Crippen molar-refractivity contribution >= 4 is 8.07 Å². The highest BCUT2D eigenvalue weighted by atomic mass is 28.3. The third-order valence-corrected chi connectivity index (χ3v) is 5.36. The van der Waals surface area contributed by atoms with Crippen molar-refractivity contribution in [3.8, 4) is 0 Å². The Morgan fingerprint density at radius 1 is 0.909 bits per heavy atom. The number of hydrogen-bond donors (Lipinski definition) is 0. The molecular weight excluding hydrogens is 148 g/mol.